The number of aryl methyl sites for hydroxylation is 1. The third kappa shape index (κ3) is 3.10. The van der Waals surface area contributed by atoms with E-state index in [0.717, 1.165) is 0 Å². The highest BCUT2D eigenvalue weighted by atomic mass is 35.5. The number of benzene rings is 1. The number of rotatable bonds is 3. The predicted octanol–water partition coefficient (Wildman–Crippen LogP) is 3.74. The molecule has 0 radical (unpaired) electrons. The number of aromatic carboxylic acids is 1. The Morgan fingerprint density at radius 3 is 2.75 bits per heavy atom. The first kappa shape index (κ1) is 18.1. The Morgan fingerprint density at radius 2 is 2.00 bits per heavy atom. The Labute approximate surface area is 163 Å². The van der Waals surface area contributed by atoms with Crippen molar-refractivity contribution in [3.63, 3.8) is 0 Å². The molecule has 1 aliphatic heterocycles. The van der Waals surface area contributed by atoms with Crippen molar-refractivity contribution in [2.24, 2.45) is 0 Å². The van der Waals surface area contributed by atoms with Crippen LogP contribution >= 0.6 is 11.6 Å². The lowest BCUT2D eigenvalue weighted by molar-refractivity contribution is -0.135. The van der Waals surface area contributed by atoms with E-state index in [4.69, 9.17) is 20.8 Å². The molecule has 2 N–H and O–H groups in total. The first-order valence-corrected chi connectivity index (χ1v) is 8.78. The first-order chi connectivity index (χ1) is 13.3. The number of esters is 1. The average Bonchev–Trinajstić information content (AvgIpc) is 3.10. The van der Waals surface area contributed by atoms with E-state index in [2.05, 4.69) is 4.98 Å². The Hall–Kier alpha value is -3.32. The first-order valence-electron chi connectivity index (χ1n) is 8.41. The number of carboxylic acid groups (broad SMARTS) is 1. The van der Waals surface area contributed by atoms with Crippen molar-refractivity contribution in [2.75, 3.05) is 0 Å². The molecule has 0 saturated carbocycles. The minimum atomic E-state index is -1.09. The Morgan fingerprint density at radius 1 is 1.21 bits per heavy atom. The minimum Gasteiger partial charge on any atom is -0.478 e. The van der Waals surface area contributed by atoms with Gasteiger partial charge in [-0.15, -0.1) is 0 Å². The fraction of sp³-hybridized carbons (Fsp3) is 0.150. The number of halogens is 1. The summed E-state index contributed by atoms with van der Waals surface area (Å²) in [4.78, 5) is 38.4. The summed E-state index contributed by atoms with van der Waals surface area (Å²) in [6.45, 7) is 1.70. The normalized spacial score (nSPS) is 15.8. The fourth-order valence-electron chi connectivity index (χ4n) is 3.29. The number of furan rings is 1. The van der Waals surface area contributed by atoms with Gasteiger partial charge in [0.05, 0.1) is 28.5 Å². The van der Waals surface area contributed by atoms with E-state index in [-0.39, 0.29) is 23.3 Å². The number of carbonyl (C=O) groups is 2. The number of ether oxygens (including phenoxy) is 1. The van der Waals surface area contributed by atoms with Gasteiger partial charge < -0.3 is 19.2 Å². The monoisotopic (exact) mass is 399 g/mol. The van der Waals surface area contributed by atoms with Gasteiger partial charge >= 0.3 is 11.9 Å². The molecule has 1 aromatic carbocycles. The maximum Gasteiger partial charge on any atom is 0.335 e. The Balaban J connectivity index is 1.80. The van der Waals surface area contributed by atoms with Gasteiger partial charge in [-0.2, -0.15) is 0 Å². The molecular formula is C20H14ClNO6. The molecule has 142 valence electrons. The molecule has 0 bridgehead atoms. The number of hydrogen-bond acceptors (Lipinski definition) is 5. The highest BCUT2D eigenvalue weighted by molar-refractivity contribution is 6.33. The van der Waals surface area contributed by atoms with Gasteiger partial charge in [-0.25, -0.2) is 4.79 Å². The number of carboxylic acids is 1. The second-order valence-electron chi connectivity index (χ2n) is 6.49. The fourth-order valence-corrected chi connectivity index (χ4v) is 3.50. The molecule has 7 nitrogen and oxygen atoms in total. The molecular weight excluding hydrogens is 386 g/mol. The van der Waals surface area contributed by atoms with Crippen LogP contribution in [0.3, 0.4) is 0 Å². The van der Waals surface area contributed by atoms with E-state index in [1.165, 1.54) is 18.2 Å². The third-order valence-electron chi connectivity index (χ3n) is 4.56. The number of hydrogen-bond donors (Lipinski definition) is 2. The average molecular weight is 400 g/mol. The molecule has 3 heterocycles. The second kappa shape index (κ2) is 6.69. The topological polar surface area (TPSA) is 110 Å². The smallest absolute Gasteiger partial charge is 0.335 e. The molecule has 1 aliphatic rings. The lowest BCUT2D eigenvalue weighted by Crippen LogP contribution is -2.28. The molecule has 0 amide bonds. The van der Waals surface area contributed by atoms with Crippen molar-refractivity contribution in [2.45, 2.75) is 19.3 Å². The lowest BCUT2D eigenvalue weighted by atomic mass is 9.91. The predicted molar refractivity (Wildman–Crippen MR) is 100 cm³/mol. The quantitative estimate of drug-likeness (QED) is 0.649. The van der Waals surface area contributed by atoms with Crippen molar-refractivity contribution < 1.29 is 23.8 Å². The number of aromatic nitrogens is 1. The van der Waals surface area contributed by atoms with Crippen LogP contribution in [0.4, 0.5) is 0 Å². The molecule has 0 spiro atoms. The van der Waals surface area contributed by atoms with Gasteiger partial charge in [-0.05, 0) is 37.3 Å². The van der Waals surface area contributed by atoms with Gasteiger partial charge in [-0.1, -0.05) is 11.6 Å². The van der Waals surface area contributed by atoms with Crippen LogP contribution in [0.2, 0.25) is 5.02 Å². The molecule has 0 aliphatic carbocycles. The van der Waals surface area contributed by atoms with Crippen molar-refractivity contribution in [3.8, 4) is 17.1 Å². The molecule has 1 atom stereocenters. The van der Waals surface area contributed by atoms with Crippen LogP contribution in [-0.2, 0) is 4.79 Å². The zero-order chi connectivity index (χ0) is 20.0. The molecule has 28 heavy (non-hydrogen) atoms. The van der Waals surface area contributed by atoms with Crippen LogP contribution in [0.1, 0.15) is 39.7 Å². The summed E-state index contributed by atoms with van der Waals surface area (Å²) >= 11 is 6.20. The second-order valence-corrected chi connectivity index (χ2v) is 6.90. The Bertz CT molecular complexity index is 1180. The van der Waals surface area contributed by atoms with Crippen molar-refractivity contribution in [3.05, 3.63) is 74.4 Å². The highest BCUT2D eigenvalue weighted by Crippen LogP contribution is 2.39. The summed E-state index contributed by atoms with van der Waals surface area (Å²) in [5, 5.41) is 9.51. The van der Waals surface area contributed by atoms with E-state index >= 15 is 0 Å². The summed E-state index contributed by atoms with van der Waals surface area (Å²) in [7, 11) is 0. The number of fused-ring (bicyclic) bond motifs is 1. The molecule has 0 saturated heterocycles. The van der Waals surface area contributed by atoms with Gasteiger partial charge in [0.15, 0.2) is 0 Å². The van der Waals surface area contributed by atoms with E-state index in [9.17, 15) is 19.5 Å². The van der Waals surface area contributed by atoms with Crippen molar-refractivity contribution in [1.29, 1.82) is 0 Å². The van der Waals surface area contributed by atoms with Gasteiger partial charge in [0.2, 0.25) is 0 Å². The largest absolute Gasteiger partial charge is 0.478 e. The summed E-state index contributed by atoms with van der Waals surface area (Å²) in [6, 6.07) is 9.15. The van der Waals surface area contributed by atoms with Gasteiger partial charge in [0.1, 0.15) is 17.3 Å². The standard InChI is InChI=1S/C20H14ClNO6/c1-9-6-16-18(19(24)22-9)12(8-17(23)28-16)15-5-4-14(27-15)11-7-10(20(25)26)2-3-13(11)21/h2-7,12H,8H2,1H3,(H,22,24)(H,25,26). The van der Waals surface area contributed by atoms with E-state index in [1.807, 2.05) is 0 Å². The maximum atomic E-state index is 12.5. The summed E-state index contributed by atoms with van der Waals surface area (Å²) < 4.78 is 11.1. The number of nitrogens with one attached hydrogen (secondary N) is 1. The van der Waals surface area contributed by atoms with Crippen molar-refractivity contribution >= 4 is 23.5 Å². The summed E-state index contributed by atoms with van der Waals surface area (Å²) in [5.41, 5.74) is 1.02. The molecule has 4 rings (SSSR count). The number of H-pyrrole nitrogens is 1. The summed E-state index contributed by atoms with van der Waals surface area (Å²) in [6.07, 6.45) is -0.0466. The van der Waals surface area contributed by atoms with Crippen LogP contribution in [-0.4, -0.2) is 22.0 Å². The van der Waals surface area contributed by atoms with Gasteiger partial charge in [0, 0.05) is 17.3 Å². The third-order valence-corrected chi connectivity index (χ3v) is 4.89. The van der Waals surface area contributed by atoms with Crippen LogP contribution in [0.15, 0.2) is 45.6 Å². The van der Waals surface area contributed by atoms with E-state index < -0.39 is 17.9 Å². The Kier molecular flexibility index (Phi) is 4.31. The molecule has 2 aromatic heterocycles. The maximum absolute atomic E-state index is 12.5. The van der Waals surface area contributed by atoms with Crippen LogP contribution in [0, 0.1) is 6.92 Å². The van der Waals surface area contributed by atoms with E-state index in [0.29, 0.717) is 33.4 Å². The highest BCUT2D eigenvalue weighted by Gasteiger charge is 2.33. The molecule has 8 heteroatoms. The minimum absolute atomic E-state index is 0.0466. The molecule has 0 fully saturated rings. The summed E-state index contributed by atoms with van der Waals surface area (Å²) in [5.74, 6) is -1.23. The lowest BCUT2D eigenvalue weighted by Gasteiger charge is -2.22. The van der Waals surface area contributed by atoms with Crippen LogP contribution in [0.5, 0.6) is 5.75 Å². The number of aromatic amines is 1. The van der Waals surface area contributed by atoms with Crippen LogP contribution in [0.25, 0.3) is 11.3 Å². The van der Waals surface area contributed by atoms with Gasteiger partial charge in [-0.3, -0.25) is 9.59 Å². The SMILES string of the molecule is Cc1cc2c(c(=O)[nH]1)C(c1ccc(-c3cc(C(=O)O)ccc3Cl)o1)CC(=O)O2. The molecule has 1 unspecified atom stereocenters. The van der Waals surface area contributed by atoms with Crippen molar-refractivity contribution in [1.82, 2.24) is 4.98 Å². The van der Waals surface area contributed by atoms with Gasteiger partial charge in [0.25, 0.3) is 5.56 Å². The zero-order valence-corrected chi connectivity index (χ0v) is 15.4. The number of pyridine rings is 1. The van der Waals surface area contributed by atoms with E-state index in [1.54, 1.807) is 25.1 Å². The molecule has 3 aromatic rings. The zero-order valence-electron chi connectivity index (χ0n) is 14.6. The number of carbonyl (C=O) groups excluding carboxylic acids is 1. The van der Waals surface area contributed by atoms with Crippen LogP contribution < -0.4 is 10.3 Å².